The lowest BCUT2D eigenvalue weighted by Crippen LogP contribution is -2.01. The third kappa shape index (κ3) is 2.27. The standard InChI is InChI=1S/C9H14N2O/c1-3-4-9(12)8-5-6-10-7(2)11-8/h5-6,9,12H,3-4H2,1-2H3/t9-/m1/s1. The Balaban J connectivity index is 2.73. The summed E-state index contributed by atoms with van der Waals surface area (Å²) < 4.78 is 0. The first-order chi connectivity index (χ1) is 5.74. The summed E-state index contributed by atoms with van der Waals surface area (Å²) in [6.07, 6.45) is 2.97. The smallest absolute Gasteiger partial charge is 0.125 e. The Bertz CT molecular complexity index is 250. The van der Waals surface area contributed by atoms with E-state index < -0.39 is 6.10 Å². The van der Waals surface area contributed by atoms with Crippen molar-refractivity contribution in [1.29, 1.82) is 0 Å². The molecule has 1 rings (SSSR count). The molecule has 0 spiro atoms. The third-order valence-electron chi connectivity index (χ3n) is 1.70. The van der Waals surface area contributed by atoms with Crippen LogP contribution in [0.5, 0.6) is 0 Å². The predicted octanol–water partition coefficient (Wildman–Crippen LogP) is 1.62. The van der Waals surface area contributed by atoms with Crippen LogP contribution >= 0.6 is 0 Å². The first-order valence-corrected chi connectivity index (χ1v) is 4.21. The molecule has 0 aliphatic rings. The zero-order valence-electron chi connectivity index (χ0n) is 7.49. The van der Waals surface area contributed by atoms with E-state index in [4.69, 9.17) is 0 Å². The van der Waals surface area contributed by atoms with Crippen molar-refractivity contribution in [2.24, 2.45) is 0 Å². The lowest BCUT2D eigenvalue weighted by Gasteiger charge is -2.07. The molecule has 0 radical (unpaired) electrons. The molecule has 0 saturated carbocycles. The summed E-state index contributed by atoms with van der Waals surface area (Å²) in [5.74, 6) is 0.711. The van der Waals surface area contributed by atoms with Crippen LogP contribution in [0.2, 0.25) is 0 Å². The summed E-state index contributed by atoms with van der Waals surface area (Å²) in [6, 6.07) is 1.76. The molecule has 1 heterocycles. The van der Waals surface area contributed by atoms with Gasteiger partial charge >= 0.3 is 0 Å². The first-order valence-electron chi connectivity index (χ1n) is 4.21. The van der Waals surface area contributed by atoms with Gasteiger partial charge in [-0.05, 0) is 19.4 Å². The van der Waals surface area contributed by atoms with Crippen molar-refractivity contribution in [2.45, 2.75) is 32.8 Å². The van der Waals surface area contributed by atoms with E-state index in [0.717, 1.165) is 18.5 Å². The maximum Gasteiger partial charge on any atom is 0.125 e. The predicted molar refractivity (Wildman–Crippen MR) is 46.6 cm³/mol. The fraction of sp³-hybridized carbons (Fsp3) is 0.556. The second-order valence-electron chi connectivity index (χ2n) is 2.83. The summed E-state index contributed by atoms with van der Waals surface area (Å²) in [6.45, 7) is 3.86. The molecule has 0 aliphatic carbocycles. The van der Waals surface area contributed by atoms with Gasteiger partial charge in [-0.2, -0.15) is 0 Å². The van der Waals surface area contributed by atoms with Crippen LogP contribution in [0.25, 0.3) is 0 Å². The lowest BCUT2D eigenvalue weighted by atomic mass is 10.1. The molecule has 1 aromatic rings. The Hall–Kier alpha value is -0.960. The number of hydrogen-bond acceptors (Lipinski definition) is 3. The van der Waals surface area contributed by atoms with Crippen molar-refractivity contribution in [2.75, 3.05) is 0 Å². The van der Waals surface area contributed by atoms with Gasteiger partial charge in [-0.15, -0.1) is 0 Å². The fourth-order valence-electron chi connectivity index (χ4n) is 1.08. The van der Waals surface area contributed by atoms with Gasteiger partial charge < -0.3 is 5.11 Å². The molecule has 0 unspecified atom stereocenters. The van der Waals surface area contributed by atoms with Crippen molar-refractivity contribution in [3.63, 3.8) is 0 Å². The molecule has 1 aromatic heterocycles. The maximum absolute atomic E-state index is 9.55. The molecule has 0 bridgehead atoms. The van der Waals surface area contributed by atoms with Gasteiger partial charge in [0, 0.05) is 6.20 Å². The van der Waals surface area contributed by atoms with Crippen LogP contribution in [0.1, 0.15) is 37.4 Å². The van der Waals surface area contributed by atoms with E-state index in [1.54, 1.807) is 12.3 Å². The highest BCUT2D eigenvalue weighted by atomic mass is 16.3. The van der Waals surface area contributed by atoms with Gasteiger partial charge in [0.05, 0.1) is 11.8 Å². The van der Waals surface area contributed by atoms with Crippen molar-refractivity contribution < 1.29 is 5.11 Å². The second-order valence-corrected chi connectivity index (χ2v) is 2.83. The van der Waals surface area contributed by atoms with Gasteiger partial charge in [-0.25, -0.2) is 9.97 Å². The third-order valence-corrected chi connectivity index (χ3v) is 1.70. The number of aliphatic hydroxyl groups is 1. The SMILES string of the molecule is CCC[C@@H](O)c1ccnc(C)n1. The molecular formula is C9H14N2O. The molecule has 0 aromatic carbocycles. The second kappa shape index (κ2) is 4.16. The first kappa shape index (κ1) is 9.13. The fourth-order valence-corrected chi connectivity index (χ4v) is 1.08. The molecule has 3 nitrogen and oxygen atoms in total. The molecule has 1 N–H and O–H groups in total. The minimum atomic E-state index is -0.434. The number of aromatic nitrogens is 2. The number of nitrogens with zero attached hydrogens (tertiary/aromatic N) is 2. The van der Waals surface area contributed by atoms with E-state index in [9.17, 15) is 5.11 Å². The van der Waals surface area contributed by atoms with Gasteiger partial charge in [-0.1, -0.05) is 13.3 Å². The van der Waals surface area contributed by atoms with E-state index in [0.29, 0.717) is 5.82 Å². The largest absolute Gasteiger partial charge is 0.387 e. The molecule has 12 heavy (non-hydrogen) atoms. The summed E-state index contributed by atoms with van der Waals surface area (Å²) in [5, 5.41) is 9.55. The quantitative estimate of drug-likeness (QED) is 0.742. The van der Waals surface area contributed by atoms with Crippen LogP contribution in [0.3, 0.4) is 0 Å². The van der Waals surface area contributed by atoms with E-state index in [-0.39, 0.29) is 0 Å². The molecule has 1 atom stereocenters. The Kier molecular flexibility index (Phi) is 3.17. The molecule has 0 amide bonds. The molecule has 66 valence electrons. The van der Waals surface area contributed by atoms with Crippen LogP contribution in [0.4, 0.5) is 0 Å². The number of rotatable bonds is 3. The molecule has 0 saturated heterocycles. The van der Waals surface area contributed by atoms with Crippen LogP contribution in [0.15, 0.2) is 12.3 Å². The van der Waals surface area contributed by atoms with Crippen LogP contribution < -0.4 is 0 Å². The Labute approximate surface area is 72.5 Å². The summed E-state index contributed by atoms with van der Waals surface area (Å²) in [5.41, 5.74) is 0.726. The van der Waals surface area contributed by atoms with E-state index in [1.807, 2.05) is 13.8 Å². The maximum atomic E-state index is 9.55. The van der Waals surface area contributed by atoms with Crippen LogP contribution in [-0.4, -0.2) is 15.1 Å². The van der Waals surface area contributed by atoms with Crippen LogP contribution in [-0.2, 0) is 0 Å². The van der Waals surface area contributed by atoms with Crippen molar-refractivity contribution in [3.05, 3.63) is 23.8 Å². The highest BCUT2D eigenvalue weighted by molar-refractivity contribution is 5.04. The Morgan fingerprint density at radius 2 is 2.33 bits per heavy atom. The Morgan fingerprint density at radius 1 is 1.58 bits per heavy atom. The van der Waals surface area contributed by atoms with Crippen molar-refractivity contribution >= 4 is 0 Å². The van der Waals surface area contributed by atoms with Gasteiger partial charge in [0.25, 0.3) is 0 Å². The normalized spacial score (nSPS) is 12.9. The summed E-state index contributed by atoms with van der Waals surface area (Å²) >= 11 is 0. The molecule has 3 heteroatoms. The number of aliphatic hydroxyl groups excluding tert-OH is 1. The van der Waals surface area contributed by atoms with Gasteiger partial charge in [0.2, 0.25) is 0 Å². The summed E-state index contributed by atoms with van der Waals surface area (Å²) in [4.78, 5) is 8.09. The monoisotopic (exact) mass is 166 g/mol. The summed E-state index contributed by atoms with van der Waals surface area (Å²) in [7, 11) is 0. The topological polar surface area (TPSA) is 46.0 Å². The number of aryl methyl sites for hydroxylation is 1. The van der Waals surface area contributed by atoms with E-state index in [1.165, 1.54) is 0 Å². The number of hydrogen-bond donors (Lipinski definition) is 1. The lowest BCUT2D eigenvalue weighted by molar-refractivity contribution is 0.161. The zero-order valence-corrected chi connectivity index (χ0v) is 7.49. The van der Waals surface area contributed by atoms with Gasteiger partial charge in [-0.3, -0.25) is 0 Å². The van der Waals surface area contributed by atoms with Crippen molar-refractivity contribution in [3.8, 4) is 0 Å². The molecule has 0 fully saturated rings. The highest BCUT2D eigenvalue weighted by Gasteiger charge is 2.06. The minimum Gasteiger partial charge on any atom is -0.387 e. The average Bonchev–Trinajstić information content (AvgIpc) is 2.05. The zero-order chi connectivity index (χ0) is 8.97. The van der Waals surface area contributed by atoms with E-state index >= 15 is 0 Å². The van der Waals surface area contributed by atoms with Gasteiger partial charge in [0.1, 0.15) is 5.82 Å². The van der Waals surface area contributed by atoms with Gasteiger partial charge in [0.15, 0.2) is 0 Å². The van der Waals surface area contributed by atoms with Crippen LogP contribution in [0, 0.1) is 6.92 Å². The highest BCUT2D eigenvalue weighted by Crippen LogP contribution is 2.14. The average molecular weight is 166 g/mol. The molecular weight excluding hydrogens is 152 g/mol. The van der Waals surface area contributed by atoms with Crippen molar-refractivity contribution in [1.82, 2.24) is 9.97 Å². The Morgan fingerprint density at radius 3 is 2.92 bits per heavy atom. The van der Waals surface area contributed by atoms with E-state index in [2.05, 4.69) is 9.97 Å². The molecule has 0 aliphatic heterocycles. The minimum absolute atomic E-state index is 0.434.